The lowest BCUT2D eigenvalue weighted by Gasteiger charge is -2.37. The molecule has 1 aromatic rings. The molecule has 0 spiro atoms. The minimum absolute atomic E-state index is 0.110. The molecule has 0 bridgehead atoms. The highest BCUT2D eigenvalue weighted by molar-refractivity contribution is 7.85. The lowest BCUT2D eigenvalue weighted by molar-refractivity contribution is 0.185. The third-order valence-electron chi connectivity index (χ3n) is 3.53. The molecular weight excluding hydrogens is 246 g/mol. The van der Waals surface area contributed by atoms with Crippen LogP contribution in [-0.4, -0.2) is 44.7 Å². The summed E-state index contributed by atoms with van der Waals surface area (Å²) in [6, 6.07) is 4.39. The van der Waals surface area contributed by atoms with E-state index in [1.807, 2.05) is 24.5 Å². The van der Waals surface area contributed by atoms with Gasteiger partial charge in [0.15, 0.2) is 0 Å². The van der Waals surface area contributed by atoms with Gasteiger partial charge in [0.25, 0.3) is 0 Å². The Labute approximate surface area is 111 Å². The maximum absolute atomic E-state index is 11.5. The average Bonchev–Trinajstić information content (AvgIpc) is 2.42. The fourth-order valence-corrected chi connectivity index (χ4v) is 3.52. The zero-order valence-corrected chi connectivity index (χ0v) is 11.6. The summed E-state index contributed by atoms with van der Waals surface area (Å²) in [4.78, 5) is 6.43. The SMILES string of the molecule is CCC(N)C(c1ccncc1)N1CCS(=O)CC1. The molecule has 2 unspecified atom stereocenters. The van der Waals surface area contributed by atoms with E-state index in [1.165, 1.54) is 5.56 Å². The number of pyridine rings is 1. The van der Waals surface area contributed by atoms with Crippen molar-refractivity contribution in [1.82, 2.24) is 9.88 Å². The Morgan fingerprint density at radius 2 is 2.00 bits per heavy atom. The number of hydrogen-bond donors (Lipinski definition) is 1. The summed E-state index contributed by atoms with van der Waals surface area (Å²) in [5, 5.41) is 0. The van der Waals surface area contributed by atoms with E-state index in [9.17, 15) is 4.21 Å². The van der Waals surface area contributed by atoms with E-state index in [-0.39, 0.29) is 12.1 Å². The molecule has 0 aliphatic carbocycles. The quantitative estimate of drug-likeness (QED) is 0.881. The molecule has 1 aliphatic heterocycles. The normalized spacial score (nSPS) is 21.7. The molecule has 2 heterocycles. The lowest BCUT2D eigenvalue weighted by Crippen LogP contribution is -2.46. The van der Waals surface area contributed by atoms with Crippen LogP contribution in [0.4, 0.5) is 0 Å². The van der Waals surface area contributed by atoms with Gasteiger partial charge in [0.05, 0.1) is 6.04 Å². The second-order valence-electron chi connectivity index (χ2n) is 4.68. The Bertz CT molecular complexity index is 388. The van der Waals surface area contributed by atoms with Gasteiger partial charge in [0.1, 0.15) is 0 Å². The summed E-state index contributed by atoms with van der Waals surface area (Å²) in [5.74, 6) is 1.52. The molecule has 1 aliphatic rings. The summed E-state index contributed by atoms with van der Waals surface area (Å²) in [6.45, 7) is 3.85. The molecule has 0 amide bonds. The van der Waals surface area contributed by atoms with Crippen molar-refractivity contribution in [2.24, 2.45) is 5.73 Å². The molecule has 1 fully saturated rings. The Kier molecular flexibility index (Phi) is 4.86. The van der Waals surface area contributed by atoms with E-state index < -0.39 is 10.8 Å². The van der Waals surface area contributed by atoms with Crippen LogP contribution < -0.4 is 5.73 Å². The highest BCUT2D eigenvalue weighted by Crippen LogP contribution is 2.25. The van der Waals surface area contributed by atoms with Gasteiger partial charge < -0.3 is 5.73 Å². The molecule has 0 aromatic carbocycles. The van der Waals surface area contributed by atoms with Crippen LogP contribution in [0.2, 0.25) is 0 Å². The molecule has 4 nitrogen and oxygen atoms in total. The van der Waals surface area contributed by atoms with E-state index in [1.54, 1.807) is 0 Å². The van der Waals surface area contributed by atoms with E-state index in [0.717, 1.165) is 31.0 Å². The van der Waals surface area contributed by atoms with Crippen LogP contribution in [0.3, 0.4) is 0 Å². The van der Waals surface area contributed by atoms with Crippen molar-refractivity contribution in [2.45, 2.75) is 25.4 Å². The Hall–Kier alpha value is -0.780. The number of rotatable bonds is 4. The third-order valence-corrected chi connectivity index (χ3v) is 4.81. The highest BCUT2D eigenvalue weighted by Gasteiger charge is 2.28. The standard InChI is InChI=1S/C13H21N3OS/c1-2-12(14)13(11-3-5-15-6-4-11)16-7-9-18(17)10-8-16/h3-6,12-13H,2,7-10,14H2,1H3. The first-order valence-corrected chi connectivity index (χ1v) is 7.95. The van der Waals surface area contributed by atoms with Gasteiger partial charge in [-0.2, -0.15) is 0 Å². The first-order valence-electron chi connectivity index (χ1n) is 6.47. The maximum Gasteiger partial charge on any atom is 0.0500 e. The summed E-state index contributed by atoms with van der Waals surface area (Å²) in [6.07, 6.45) is 4.56. The van der Waals surface area contributed by atoms with Gasteiger partial charge in [-0.25, -0.2) is 0 Å². The molecule has 0 saturated carbocycles. The molecular formula is C13H21N3OS. The summed E-state index contributed by atoms with van der Waals surface area (Å²) < 4.78 is 11.5. The first-order chi connectivity index (χ1) is 8.72. The van der Waals surface area contributed by atoms with E-state index >= 15 is 0 Å². The summed E-state index contributed by atoms with van der Waals surface area (Å²) in [7, 11) is -0.644. The van der Waals surface area contributed by atoms with Crippen molar-refractivity contribution in [3.05, 3.63) is 30.1 Å². The third kappa shape index (κ3) is 3.16. The second-order valence-corrected chi connectivity index (χ2v) is 6.38. The fourth-order valence-electron chi connectivity index (χ4n) is 2.44. The Balaban J connectivity index is 2.18. The number of hydrogen-bond acceptors (Lipinski definition) is 4. The van der Waals surface area contributed by atoms with Crippen LogP contribution in [0.15, 0.2) is 24.5 Å². The predicted molar refractivity (Wildman–Crippen MR) is 74.7 cm³/mol. The van der Waals surface area contributed by atoms with Gasteiger partial charge in [0.2, 0.25) is 0 Å². The van der Waals surface area contributed by atoms with Crippen LogP contribution in [-0.2, 0) is 10.8 Å². The molecule has 18 heavy (non-hydrogen) atoms. The maximum atomic E-state index is 11.5. The van der Waals surface area contributed by atoms with E-state index in [0.29, 0.717) is 0 Å². The molecule has 100 valence electrons. The summed E-state index contributed by atoms with van der Waals surface area (Å²) in [5.41, 5.74) is 7.49. The van der Waals surface area contributed by atoms with Gasteiger partial charge in [-0.3, -0.25) is 14.1 Å². The zero-order valence-electron chi connectivity index (χ0n) is 10.8. The first kappa shape index (κ1) is 13.6. The molecule has 1 aromatic heterocycles. The monoisotopic (exact) mass is 267 g/mol. The molecule has 5 heteroatoms. The van der Waals surface area contributed by atoms with Crippen molar-refractivity contribution in [2.75, 3.05) is 24.6 Å². The van der Waals surface area contributed by atoms with E-state index in [2.05, 4.69) is 16.8 Å². The minimum atomic E-state index is -0.644. The summed E-state index contributed by atoms with van der Waals surface area (Å²) >= 11 is 0. The average molecular weight is 267 g/mol. The zero-order chi connectivity index (χ0) is 13.0. The number of aromatic nitrogens is 1. The highest BCUT2D eigenvalue weighted by atomic mass is 32.2. The van der Waals surface area contributed by atoms with Crippen LogP contribution >= 0.6 is 0 Å². The molecule has 2 atom stereocenters. The van der Waals surface area contributed by atoms with Crippen LogP contribution in [0.25, 0.3) is 0 Å². The van der Waals surface area contributed by atoms with Crippen molar-refractivity contribution in [3.8, 4) is 0 Å². The van der Waals surface area contributed by atoms with Crippen molar-refractivity contribution < 1.29 is 4.21 Å². The smallest absolute Gasteiger partial charge is 0.0500 e. The van der Waals surface area contributed by atoms with Gasteiger partial charge in [-0.1, -0.05) is 6.92 Å². The Morgan fingerprint density at radius 1 is 1.39 bits per heavy atom. The van der Waals surface area contributed by atoms with Gasteiger partial charge >= 0.3 is 0 Å². The van der Waals surface area contributed by atoms with E-state index in [4.69, 9.17) is 5.73 Å². The van der Waals surface area contributed by atoms with Gasteiger partial charge in [0, 0.05) is 53.8 Å². The molecule has 2 rings (SSSR count). The van der Waals surface area contributed by atoms with Crippen molar-refractivity contribution in [3.63, 3.8) is 0 Å². The van der Waals surface area contributed by atoms with Gasteiger partial charge in [-0.15, -0.1) is 0 Å². The lowest BCUT2D eigenvalue weighted by atomic mass is 9.97. The predicted octanol–water partition coefficient (Wildman–Crippen LogP) is 0.924. The fraction of sp³-hybridized carbons (Fsp3) is 0.615. The van der Waals surface area contributed by atoms with Gasteiger partial charge in [-0.05, 0) is 24.1 Å². The molecule has 2 N–H and O–H groups in total. The largest absolute Gasteiger partial charge is 0.326 e. The minimum Gasteiger partial charge on any atom is -0.326 e. The van der Waals surface area contributed by atoms with Crippen LogP contribution in [0.5, 0.6) is 0 Å². The topological polar surface area (TPSA) is 59.2 Å². The van der Waals surface area contributed by atoms with Crippen molar-refractivity contribution >= 4 is 10.8 Å². The van der Waals surface area contributed by atoms with Crippen molar-refractivity contribution in [1.29, 1.82) is 0 Å². The van der Waals surface area contributed by atoms with Crippen LogP contribution in [0, 0.1) is 0 Å². The second kappa shape index (κ2) is 6.41. The Morgan fingerprint density at radius 3 is 2.56 bits per heavy atom. The van der Waals surface area contributed by atoms with Crippen LogP contribution in [0.1, 0.15) is 24.9 Å². The number of nitrogens with zero attached hydrogens (tertiary/aromatic N) is 2. The molecule has 1 saturated heterocycles. The number of nitrogens with two attached hydrogens (primary N) is 1. The molecule has 0 radical (unpaired) electrons.